The zero-order valence-corrected chi connectivity index (χ0v) is 20.3. The highest BCUT2D eigenvalue weighted by Gasteiger charge is 2.67. The Kier molecular flexibility index (Phi) is 4.03. The van der Waals surface area contributed by atoms with Crippen LogP contribution in [-0.4, -0.2) is 44.7 Å². The molecule has 4 saturated carbocycles. The Morgan fingerprint density at radius 2 is 1.54 bits per heavy atom. The molecule has 0 N–H and O–H groups in total. The van der Waals surface area contributed by atoms with Gasteiger partial charge in [-0.15, -0.1) is 0 Å². The molecule has 4 fully saturated rings. The molecule has 0 aromatic carbocycles. The van der Waals surface area contributed by atoms with E-state index in [-0.39, 0.29) is 0 Å². The molecule has 0 saturated heterocycles. The molecule has 0 radical (unpaired) electrons. The van der Waals surface area contributed by atoms with Crippen LogP contribution in [0, 0.1) is 33.5 Å². The molecule has 28 heavy (non-hydrogen) atoms. The zero-order chi connectivity index (χ0) is 20.3. The van der Waals surface area contributed by atoms with Gasteiger partial charge in [0.15, 0.2) is 0 Å². The van der Waals surface area contributed by atoms with Gasteiger partial charge in [-0.1, -0.05) is 41.5 Å². The lowest BCUT2D eigenvalue weighted by Gasteiger charge is -2.41. The number of nitrogens with zero attached hydrogens (tertiary/aromatic N) is 2. The van der Waals surface area contributed by atoms with Crippen LogP contribution >= 0.6 is 12.2 Å². The fourth-order valence-corrected chi connectivity index (χ4v) is 9.17. The largest absolute Gasteiger partial charge is 0.421 e. The maximum atomic E-state index is 5.73. The Morgan fingerprint density at radius 1 is 0.964 bits per heavy atom. The lowest BCUT2D eigenvalue weighted by atomic mass is 9.68. The monoisotopic (exact) mass is 418 g/mol. The second kappa shape index (κ2) is 5.72. The summed E-state index contributed by atoms with van der Waals surface area (Å²) < 4.78 is 3.41. The Hall–Kier alpha value is -0.220. The van der Waals surface area contributed by atoms with E-state index in [0.29, 0.717) is 37.9 Å². The number of hydrogen-bond acceptors (Lipinski definition) is 3. The molecule has 156 valence electrons. The highest BCUT2D eigenvalue weighted by atomic mass is 32.1. The number of rotatable bonds is 3. The van der Waals surface area contributed by atoms with Crippen LogP contribution < -0.4 is 0 Å². The van der Waals surface area contributed by atoms with Crippen molar-refractivity contribution in [2.24, 2.45) is 33.5 Å². The van der Waals surface area contributed by atoms with Crippen molar-refractivity contribution in [3.63, 3.8) is 0 Å². The van der Waals surface area contributed by atoms with Crippen LogP contribution in [0.2, 0.25) is 0 Å². The van der Waals surface area contributed by atoms with Gasteiger partial charge in [-0.3, -0.25) is 9.48 Å². The van der Waals surface area contributed by atoms with Gasteiger partial charge in [0.05, 0.1) is 0 Å². The van der Waals surface area contributed by atoms with Crippen molar-refractivity contribution in [1.29, 1.82) is 0 Å². The van der Waals surface area contributed by atoms with E-state index in [1.807, 2.05) is 0 Å². The molecule has 4 heteroatoms. The summed E-state index contributed by atoms with van der Waals surface area (Å²) in [5, 5.41) is 0. The maximum Gasteiger partial charge on any atom is 0.260 e. The number of fused-ring (bicyclic) bond motifs is 4. The number of amidine groups is 1. The molecule has 0 aromatic rings. The molecule has 1 aliphatic heterocycles. The van der Waals surface area contributed by atoms with Crippen LogP contribution in [0.3, 0.4) is 0 Å². The van der Waals surface area contributed by atoms with Crippen molar-refractivity contribution in [2.75, 3.05) is 13.1 Å². The lowest BCUT2D eigenvalue weighted by Crippen LogP contribution is -2.51. The lowest BCUT2D eigenvalue weighted by molar-refractivity contribution is -0.573. The van der Waals surface area contributed by atoms with Crippen molar-refractivity contribution in [3.8, 4) is 0 Å². The minimum atomic E-state index is 0.386. The predicted molar refractivity (Wildman–Crippen MR) is 123 cm³/mol. The van der Waals surface area contributed by atoms with Gasteiger partial charge in [0.2, 0.25) is 0 Å². The van der Waals surface area contributed by atoms with Gasteiger partial charge >= 0.3 is 0 Å². The Balaban J connectivity index is 1.54. The van der Waals surface area contributed by atoms with E-state index < -0.39 is 0 Å². The van der Waals surface area contributed by atoms with Crippen molar-refractivity contribution in [1.82, 2.24) is 4.90 Å². The van der Waals surface area contributed by atoms with E-state index >= 15 is 0 Å². The van der Waals surface area contributed by atoms with E-state index in [4.69, 9.17) is 24.8 Å². The first kappa shape index (κ1) is 19.7. The molecule has 5 rings (SSSR count). The Labute approximate surface area is 182 Å². The van der Waals surface area contributed by atoms with Crippen molar-refractivity contribution >= 4 is 34.9 Å². The minimum absolute atomic E-state index is 0.386. The smallest absolute Gasteiger partial charge is 0.260 e. The third-order valence-corrected chi connectivity index (χ3v) is 11.9. The predicted octanol–water partition coefficient (Wildman–Crippen LogP) is 5.02. The van der Waals surface area contributed by atoms with Crippen LogP contribution in [0.1, 0.15) is 80.1 Å². The summed E-state index contributed by atoms with van der Waals surface area (Å²) in [6.07, 6.45) is 8.19. The summed E-state index contributed by atoms with van der Waals surface area (Å²) in [7, 11) is 0. The van der Waals surface area contributed by atoms with Crippen molar-refractivity contribution < 1.29 is 4.58 Å². The summed E-state index contributed by atoms with van der Waals surface area (Å²) in [5.41, 5.74) is 1.63. The van der Waals surface area contributed by atoms with Crippen LogP contribution in [-0.2, 0) is 12.6 Å². The first-order valence-corrected chi connectivity index (χ1v) is 12.4. The van der Waals surface area contributed by atoms with Crippen molar-refractivity contribution in [2.45, 2.75) is 92.2 Å². The van der Waals surface area contributed by atoms with E-state index in [9.17, 15) is 0 Å². The molecule has 0 amide bonds. The molecule has 1 heterocycles. The molecule has 4 aliphatic carbocycles. The summed E-state index contributed by atoms with van der Waals surface area (Å²) in [6.45, 7) is 17.4. The first-order chi connectivity index (χ1) is 12.9. The van der Waals surface area contributed by atoms with E-state index in [1.165, 1.54) is 44.4 Å². The SMILES string of the molecule is CC1(C)[C@@H]2CC[C@@]1(C)[C@@H](N1CC[N+]([C@H]3C[C@H]4CC[C@]3(C)C4(C)C)=C1C(=S)[S-])C2. The fourth-order valence-electron chi connectivity index (χ4n) is 8.70. The van der Waals surface area contributed by atoms with Gasteiger partial charge < -0.3 is 24.8 Å². The van der Waals surface area contributed by atoms with E-state index in [0.717, 1.165) is 24.9 Å². The summed E-state index contributed by atoms with van der Waals surface area (Å²) in [4.78, 5) is 2.69. The fraction of sp³-hybridized carbons (Fsp3) is 0.917. The average molecular weight is 419 g/mol. The Morgan fingerprint density at radius 3 is 1.96 bits per heavy atom. The second-order valence-corrected chi connectivity index (χ2v) is 13.3. The molecule has 0 unspecified atom stereocenters. The first-order valence-electron chi connectivity index (χ1n) is 11.6. The summed E-state index contributed by atoms with van der Waals surface area (Å²) in [5.74, 6) is 2.97. The van der Waals surface area contributed by atoms with E-state index in [1.54, 1.807) is 0 Å². The third-order valence-electron chi connectivity index (χ3n) is 11.6. The molecular formula is C24H38N2S2. The van der Waals surface area contributed by atoms with Crippen LogP contribution in [0.15, 0.2) is 0 Å². The summed E-state index contributed by atoms with van der Waals surface area (Å²) >= 11 is 11.5. The van der Waals surface area contributed by atoms with Crippen LogP contribution in [0.4, 0.5) is 0 Å². The van der Waals surface area contributed by atoms with Crippen LogP contribution in [0.5, 0.6) is 0 Å². The highest BCUT2D eigenvalue weighted by Crippen LogP contribution is 2.68. The normalized spacial score (nSPS) is 48.1. The Bertz CT molecular complexity index is 769. The van der Waals surface area contributed by atoms with Gasteiger partial charge in [-0.25, -0.2) is 0 Å². The molecular weight excluding hydrogens is 380 g/mol. The molecule has 6 atom stereocenters. The molecule has 2 nitrogen and oxygen atoms in total. The van der Waals surface area contributed by atoms with Crippen LogP contribution in [0.25, 0.3) is 0 Å². The maximum absolute atomic E-state index is 5.73. The third kappa shape index (κ3) is 2.10. The highest BCUT2D eigenvalue weighted by molar-refractivity contribution is 8.03. The minimum Gasteiger partial charge on any atom is -0.421 e. The topological polar surface area (TPSA) is 6.25 Å². The molecule has 4 bridgehead atoms. The van der Waals surface area contributed by atoms with Gasteiger partial charge in [0, 0.05) is 10.8 Å². The molecule has 0 aromatic heterocycles. The van der Waals surface area contributed by atoms with Gasteiger partial charge in [-0.2, -0.15) is 0 Å². The number of thiocarbonyl (C=S) groups is 1. The van der Waals surface area contributed by atoms with E-state index in [2.05, 4.69) is 51.0 Å². The molecule has 0 spiro atoms. The molecule has 5 aliphatic rings. The van der Waals surface area contributed by atoms with Crippen molar-refractivity contribution in [3.05, 3.63) is 0 Å². The quantitative estimate of drug-likeness (QED) is 0.361. The second-order valence-electron chi connectivity index (χ2n) is 12.3. The van der Waals surface area contributed by atoms with Gasteiger partial charge in [-0.05, 0) is 65.4 Å². The summed E-state index contributed by atoms with van der Waals surface area (Å²) in [6, 6.07) is 1.23. The zero-order valence-electron chi connectivity index (χ0n) is 18.7. The standard InChI is InChI=1S/C24H38N2S2/c1-21(2)15-7-9-23(21,5)17(13-15)25-11-12-26(19(25)20(27)28)18-14-16-8-10-24(18,6)22(16,3)4/h15-18H,7-14H2,1-6H3/t15-,16-,17+,18+,23+,24+/m1/s1. The van der Waals surface area contributed by atoms with Gasteiger partial charge in [0.1, 0.15) is 25.2 Å². The number of hydrogen-bond donors (Lipinski definition) is 0. The van der Waals surface area contributed by atoms with Gasteiger partial charge in [0.25, 0.3) is 5.84 Å². The average Bonchev–Trinajstić information content (AvgIpc) is 3.30.